The largest absolute Gasteiger partial charge is 0.416 e. The van der Waals surface area contributed by atoms with Gasteiger partial charge in [0.25, 0.3) is 0 Å². The summed E-state index contributed by atoms with van der Waals surface area (Å²) in [5.41, 5.74) is -4.47. The summed E-state index contributed by atoms with van der Waals surface area (Å²) >= 11 is 0. The molecule has 15 heteroatoms. The van der Waals surface area contributed by atoms with Crippen LogP contribution in [0.15, 0.2) is 48.5 Å². The second-order valence-corrected chi connectivity index (χ2v) is 13.7. The van der Waals surface area contributed by atoms with Gasteiger partial charge in [-0.2, -0.15) is 30.6 Å². The van der Waals surface area contributed by atoms with Gasteiger partial charge >= 0.3 is 18.4 Å². The molecular formula is C29H34F6N4O4S. The van der Waals surface area contributed by atoms with Gasteiger partial charge in [0.05, 0.1) is 28.8 Å². The quantitative estimate of drug-likeness (QED) is 0.444. The highest BCUT2D eigenvalue weighted by atomic mass is 32.2. The molecule has 2 heterocycles. The smallest absolute Gasteiger partial charge is 0.340 e. The van der Waals surface area contributed by atoms with Crippen molar-refractivity contribution >= 4 is 22.0 Å². The van der Waals surface area contributed by atoms with E-state index in [1.807, 2.05) is 12.1 Å². The maximum atomic E-state index is 13.9. The van der Waals surface area contributed by atoms with Gasteiger partial charge in [0, 0.05) is 52.2 Å². The Morgan fingerprint density at radius 3 is 1.77 bits per heavy atom. The molecule has 2 atom stereocenters. The zero-order valence-corrected chi connectivity index (χ0v) is 25.4. The molecule has 0 N–H and O–H groups in total. The number of carbonyl (C=O) groups excluding carboxylic acids is 2. The number of piperazine rings is 1. The Hall–Kier alpha value is -3.33. The van der Waals surface area contributed by atoms with E-state index in [2.05, 4.69) is 0 Å². The van der Waals surface area contributed by atoms with E-state index < -0.39 is 62.3 Å². The van der Waals surface area contributed by atoms with Crippen LogP contribution in [0.25, 0.3) is 0 Å². The van der Waals surface area contributed by atoms with Crippen molar-refractivity contribution in [2.24, 2.45) is 0 Å². The lowest BCUT2D eigenvalue weighted by Gasteiger charge is -2.37. The minimum absolute atomic E-state index is 0.0232. The summed E-state index contributed by atoms with van der Waals surface area (Å²) in [6.07, 6.45) is -9.05. The minimum atomic E-state index is -5.07. The number of carbonyl (C=O) groups is 2. The Kier molecular flexibility index (Phi) is 9.06. The highest BCUT2D eigenvalue weighted by Crippen LogP contribution is 2.40. The summed E-state index contributed by atoms with van der Waals surface area (Å²) in [5.74, 6) is -1.12. The summed E-state index contributed by atoms with van der Waals surface area (Å²) < 4.78 is 107. The number of amides is 3. The molecule has 8 nitrogen and oxygen atoms in total. The van der Waals surface area contributed by atoms with Crippen LogP contribution in [0.4, 0.5) is 31.1 Å². The molecular weight excluding hydrogens is 614 g/mol. The monoisotopic (exact) mass is 648 g/mol. The molecule has 0 spiro atoms. The molecule has 2 fully saturated rings. The number of urea groups is 1. The summed E-state index contributed by atoms with van der Waals surface area (Å²) in [6, 6.07) is 9.16. The van der Waals surface area contributed by atoms with Gasteiger partial charge in [0.2, 0.25) is 15.9 Å². The molecule has 0 bridgehead atoms. The van der Waals surface area contributed by atoms with Crippen molar-refractivity contribution in [1.29, 1.82) is 0 Å². The highest BCUT2D eigenvalue weighted by Gasteiger charge is 2.46. The van der Waals surface area contributed by atoms with Crippen LogP contribution in [0.3, 0.4) is 0 Å². The van der Waals surface area contributed by atoms with Crippen molar-refractivity contribution in [2.75, 3.05) is 52.6 Å². The Labute approximate surface area is 252 Å². The predicted octanol–water partition coefficient (Wildman–Crippen LogP) is 4.63. The first-order valence-corrected chi connectivity index (χ1v) is 15.7. The van der Waals surface area contributed by atoms with Crippen molar-refractivity contribution in [3.8, 4) is 0 Å². The Morgan fingerprint density at radius 1 is 0.795 bits per heavy atom. The number of benzene rings is 2. The lowest BCUT2D eigenvalue weighted by molar-refractivity contribution is -0.144. The molecule has 4 rings (SSSR count). The van der Waals surface area contributed by atoms with E-state index in [1.54, 1.807) is 23.1 Å². The van der Waals surface area contributed by atoms with Crippen molar-refractivity contribution < 1.29 is 44.3 Å². The number of likely N-dealkylation sites (tertiary alicyclic amines) is 1. The number of hydrogen-bond donors (Lipinski definition) is 0. The van der Waals surface area contributed by atoms with Crippen LogP contribution in [0.1, 0.15) is 42.0 Å². The van der Waals surface area contributed by atoms with Gasteiger partial charge in [0.15, 0.2) is 0 Å². The fourth-order valence-electron chi connectivity index (χ4n) is 5.80. The number of alkyl halides is 6. The fraction of sp³-hybridized carbons (Fsp3) is 0.517. The van der Waals surface area contributed by atoms with E-state index in [1.165, 1.54) is 35.0 Å². The number of nitrogens with zero attached hydrogens (tertiary/aromatic N) is 4. The molecule has 0 aliphatic carbocycles. The van der Waals surface area contributed by atoms with E-state index in [9.17, 15) is 44.3 Å². The molecule has 0 radical (unpaired) electrons. The van der Waals surface area contributed by atoms with Crippen molar-refractivity contribution in [3.05, 3.63) is 70.8 Å². The predicted molar refractivity (Wildman–Crippen MR) is 150 cm³/mol. The molecule has 2 aromatic rings. The summed E-state index contributed by atoms with van der Waals surface area (Å²) in [7, 11) is -1.98. The van der Waals surface area contributed by atoms with Crippen molar-refractivity contribution in [1.82, 2.24) is 19.0 Å². The molecule has 2 aliphatic heterocycles. The molecule has 0 saturated carbocycles. The highest BCUT2D eigenvalue weighted by molar-refractivity contribution is 7.88. The number of rotatable bonds is 5. The first kappa shape index (κ1) is 33.6. The summed E-state index contributed by atoms with van der Waals surface area (Å²) in [6.45, 7) is 3.40. The second-order valence-electron chi connectivity index (χ2n) is 11.8. The molecule has 2 aliphatic rings. The molecule has 242 valence electrons. The van der Waals surface area contributed by atoms with E-state index in [0.29, 0.717) is 12.1 Å². The third-order valence-corrected chi connectivity index (χ3v) is 9.73. The number of sulfonamides is 1. The maximum Gasteiger partial charge on any atom is 0.416 e. The fourth-order valence-corrected chi connectivity index (χ4v) is 6.63. The third-order valence-electron chi connectivity index (χ3n) is 8.43. The zero-order valence-electron chi connectivity index (χ0n) is 24.6. The van der Waals surface area contributed by atoms with Gasteiger partial charge < -0.3 is 14.7 Å². The van der Waals surface area contributed by atoms with Crippen LogP contribution in [0, 0.1) is 0 Å². The number of halogens is 6. The lowest BCUT2D eigenvalue weighted by atomic mass is 9.80. The Bertz CT molecular complexity index is 1460. The van der Waals surface area contributed by atoms with Gasteiger partial charge in [-0.1, -0.05) is 30.3 Å². The molecule has 0 unspecified atom stereocenters. The second kappa shape index (κ2) is 11.9. The van der Waals surface area contributed by atoms with E-state index in [4.69, 9.17) is 0 Å². The van der Waals surface area contributed by atoms with Crippen LogP contribution in [-0.4, -0.2) is 98.0 Å². The van der Waals surface area contributed by atoms with E-state index in [-0.39, 0.29) is 51.4 Å². The molecule has 3 amide bonds. The Morgan fingerprint density at radius 2 is 1.30 bits per heavy atom. The van der Waals surface area contributed by atoms with Crippen LogP contribution in [0.2, 0.25) is 0 Å². The van der Waals surface area contributed by atoms with Gasteiger partial charge in [-0.05, 0) is 43.2 Å². The molecule has 2 saturated heterocycles. The van der Waals surface area contributed by atoms with Gasteiger partial charge in [0.1, 0.15) is 0 Å². The SMILES string of the molecule is CN(C(=O)C(C)(C)c1cc(C(F)(F)F)cc(C(F)(F)F)c1)[C@H]1CN(C(=O)N2CCN(S(C)(=O)=O)CC2)C[C@@H]1c1ccccc1. The van der Waals surface area contributed by atoms with Crippen LogP contribution < -0.4 is 0 Å². The minimum Gasteiger partial charge on any atom is -0.340 e. The molecule has 44 heavy (non-hydrogen) atoms. The zero-order chi connectivity index (χ0) is 32.8. The molecule has 0 aromatic heterocycles. The van der Waals surface area contributed by atoms with Crippen molar-refractivity contribution in [2.45, 2.75) is 43.6 Å². The van der Waals surface area contributed by atoms with Crippen LogP contribution in [-0.2, 0) is 32.6 Å². The standard InChI is InChI=1S/C29H34F6N4O4S/c1-27(2,20-14-21(28(30,31)32)16-22(15-20)29(33,34)35)25(40)36(3)24-18-38(17-23(24)19-8-6-5-7-9-19)26(41)37-10-12-39(13-11-37)44(4,42)43/h5-9,14-16,23-24H,10-13,17-18H2,1-4H3/t23-,24+/m1/s1. The van der Waals surface area contributed by atoms with Crippen LogP contribution in [0.5, 0.6) is 0 Å². The van der Waals surface area contributed by atoms with Gasteiger partial charge in [-0.3, -0.25) is 4.79 Å². The first-order chi connectivity index (χ1) is 20.2. The lowest BCUT2D eigenvalue weighted by Crippen LogP contribution is -2.54. The average Bonchev–Trinajstić information content (AvgIpc) is 3.40. The number of hydrogen-bond acceptors (Lipinski definition) is 4. The third kappa shape index (κ3) is 6.98. The average molecular weight is 649 g/mol. The van der Waals surface area contributed by atoms with E-state index >= 15 is 0 Å². The summed E-state index contributed by atoms with van der Waals surface area (Å²) in [4.78, 5) is 31.8. The van der Waals surface area contributed by atoms with Gasteiger partial charge in [-0.25, -0.2) is 13.2 Å². The summed E-state index contributed by atoms with van der Waals surface area (Å²) in [5, 5.41) is 0. The first-order valence-electron chi connectivity index (χ1n) is 13.8. The van der Waals surface area contributed by atoms with Crippen LogP contribution >= 0.6 is 0 Å². The van der Waals surface area contributed by atoms with E-state index in [0.717, 1.165) is 11.8 Å². The maximum absolute atomic E-state index is 13.9. The Balaban J connectivity index is 1.63. The number of likely N-dealkylation sites (N-methyl/N-ethyl adjacent to an activating group) is 1. The van der Waals surface area contributed by atoms with Crippen molar-refractivity contribution in [3.63, 3.8) is 0 Å². The molecule has 2 aromatic carbocycles. The normalized spacial score (nSPS) is 20.6. The topological polar surface area (TPSA) is 81.2 Å². The van der Waals surface area contributed by atoms with Gasteiger partial charge in [-0.15, -0.1) is 0 Å².